The Hall–Kier alpha value is -2.88. The fourth-order valence-corrected chi connectivity index (χ4v) is 3.20. The summed E-state index contributed by atoms with van der Waals surface area (Å²) in [6.45, 7) is 0. The van der Waals surface area contributed by atoms with E-state index >= 15 is 0 Å². The van der Waals surface area contributed by atoms with Crippen molar-refractivity contribution in [3.05, 3.63) is 89.6 Å². The molecule has 0 fully saturated rings. The van der Waals surface area contributed by atoms with Gasteiger partial charge in [-0.25, -0.2) is 8.78 Å². The number of nitrogens with zero attached hydrogens (tertiary/aromatic N) is 2. The molecular formula is C21H16F2N2. The van der Waals surface area contributed by atoms with Crippen molar-refractivity contribution in [2.75, 3.05) is 0 Å². The van der Waals surface area contributed by atoms with Crippen LogP contribution in [0.1, 0.15) is 30.0 Å². The molecule has 25 heavy (non-hydrogen) atoms. The van der Waals surface area contributed by atoms with Crippen molar-refractivity contribution < 1.29 is 8.78 Å². The summed E-state index contributed by atoms with van der Waals surface area (Å²) in [5.74, 6) is -1.10. The smallest absolute Gasteiger partial charge is 0.135 e. The third-order valence-electron chi connectivity index (χ3n) is 4.47. The number of aliphatic imine (C=N–C) groups is 1. The quantitative estimate of drug-likeness (QED) is 0.634. The van der Waals surface area contributed by atoms with E-state index in [9.17, 15) is 8.78 Å². The molecule has 0 N–H and O–H groups in total. The molecule has 4 heteroatoms. The van der Waals surface area contributed by atoms with Gasteiger partial charge < -0.3 is 0 Å². The fourth-order valence-electron chi connectivity index (χ4n) is 3.20. The van der Waals surface area contributed by atoms with Crippen LogP contribution in [0.3, 0.4) is 0 Å². The van der Waals surface area contributed by atoms with Crippen molar-refractivity contribution in [3.63, 3.8) is 0 Å². The largest absolute Gasteiger partial charge is 0.281 e. The third-order valence-corrected chi connectivity index (χ3v) is 4.47. The molecule has 1 aliphatic heterocycles. The van der Waals surface area contributed by atoms with E-state index in [1.807, 2.05) is 42.5 Å². The van der Waals surface area contributed by atoms with Crippen molar-refractivity contribution in [1.82, 2.24) is 4.98 Å². The van der Waals surface area contributed by atoms with Crippen LogP contribution in [0.2, 0.25) is 0 Å². The highest BCUT2D eigenvalue weighted by Gasteiger charge is 2.24. The molecule has 0 saturated heterocycles. The molecule has 3 aromatic rings. The van der Waals surface area contributed by atoms with E-state index in [4.69, 9.17) is 0 Å². The van der Waals surface area contributed by atoms with Crippen molar-refractivity contribution in [3.8, 4) is 11.3 Å². The van der Waals surface area contributed by atoms with E-state index in [0.717, 1.165) is 23.2 Å². The fraction of sp³-hybridized carbons (Fsp3) is 0.143. The van der Waals surface area contributed by atoms with Gasteiger partial charge in [0.05, 0.1) is 17.3 Å². The van der Waals surface area contributed by atoms with E-state index in [-0.39, 0.29) is 11.6 Å². The number of hydrogen-bond donors (Lipinski definition) is 0. The van der Waals surface area contributed by atoms with Crippen LogP contribution >= 0.6 is 0 Å². The van der Waals surface area contributed by atoms with Crippen LogP contribution in [0.15, 0.2) is 71.9 Å². The first-order valence-electron chi connectivity index (χ1n) is 8.25. The van der Waals surface area contributed by atoms with Crippen molar-refractivity contribution in [2.24, 2.45) is 4.99 Å². The highest BCUT2D eigenvalue weighted by atomic mass is 19.1. The first-order valence-corrected chi connectivity index (χ1v) is 8.25. The molecule has 0 amide bonds. The van der Waals surface area contributed by atoms with E-state index < -0.39 is 11.6 Å². The van der Waals surface area contributed by atoms with Crippen LogP contribution in [0.25, 0.3) is 11.3 Å². The maximum Gasteiger partial charge on any atom is 0.135 e. The monoisotopic (exact) mass is 334 g/mol. The van der Waals surface area contributed by atoms with Gasteiger partial charge in [-0.3, -0.25) is 9.98 Å². The lowest BCUT2D eigenvalue weighted by atomic mass is 10.0. The van der Waals surface area contributed by atoms with Gasteiger partial charge in [-0.15, -0.1) is 0 Å². The van der Waals surface area contributed by atoms with E-state index in [1.54, 1.807) is 6.20 Å². The van der Waals surface area contributed by atoms with Crippen LogP contribution in [0, 0.1) is 11.6 Å². The average Bonchev–Trinajstić information content (AvgIpc) is 3.12. The Labute approximate surface area is 144 Å². The molecule has 1 aromatic heterocycles. The summed E-state index contributed by atoms with van der Waals surface area (Å²) in [6.07, 6.45) is 3.09. The molecule has 4 rings (SSSR count). The maximum absolute atomic E-state index is 13.9. The highest BCUT2D eigenvalue weighted by Crippen LogP contribution is 2.33. The van der Waals surface area contributed by atoms with Crippen LogP contribution in [0.4, 0.5) is 8.78 Å². The molecule has 0 saturated carbocycles. The minimum Gasteiger partial charge on any atom is -0.281 e. The first-order chi connectivity index (χ1) is 12.2. The number of halogens is 2. The lowest BCUT2D eigenvalue weighted by molar-refractivity contribution is 0.578. The Morgan fingerprint density at radius 1 is 0.840 bits per heavy atom. The van der Waals surface area contributed by atoms with Gasteiger partial charge in [0.25, 0.3) is 0 Å². The third kappa shape index (κ3) is 3.07. The molecule has 2 heterocycles. The second kappa shape index (κ2) is 6.55. The Morgan fingerprint density at radius 3 is 2.28 bits per heavy atom. The predicted octanol–water partition coefficient (Wildman–Crippen LogP) is 5.35. The molecule has 1 unspecified atom stereocenters. The number of hydrogen-bond acceptors (Lipinski definition) is 2. The zero-order valence-electron chi connectivity index (χ0n) is 13.5. The number of aromatic nitrogens is 1. The zero-order valence-corrected chi connectivity index (χ0v) is 13.5. The first kappa shape index (κ1) is 15.6. The molecule has 0 radical (unpaired) electrons. The van der Waals surface area contributed by atoms with Crippen molar-refractivity contribution in [1.29, 1.82) is 0 Å². The van der Waals surface area contributed by atoms with Gasteiger partial charge in [-0.2, -0.15) is 0 Å². The molecular weight excluding hydrogens is 318 g/mol. The molecule has 1 atom stereocenters. The SMILES string of the molecule is Fc1cccc(F)c1C1=NC(c2ccc(-c3ccccn3)cc2)CC1. The lowest BCUT2D eigenvalue weighted by Gasteiger charge is -2.08. The summed E-state index contributed by atoms with van der Waals surface area (Å²) in [7, 11) is 0. The van der Waals surface area contributed by atoms with Gasteiger partial charge in [0.2, 0.25) is 0 Å². The molecule has 124 valence electrons. The average molecular weight is 334 g/mol. The molecule has 0 bridgehead atoms. The Bertz CT molecular complexity index is 898. The Kier molecular flexibility index (Phi) is 4.10. The van der Waals surface area contributed by atoms with Gasteiger partial charge in [0.1, 0.15) is 11.6 Å². The maximum atomic E-state index is 13.9. The minimum atomic E-state index is -0.551. The van der Waals surface area contributed by atoms with Crippen molar-refractivity contribution in [2.45, 2.75) is 18.9 Å². The Morgan fingerprint density at radius 2 is 1.60 bits per heavy atom. The summed E-state index contributed by atoms with van der Waals surface area (Å²) >= 11 is 0. The summed E-state index contributed by atoms with van der Waals surface area (Å²) < 4.78 is 27.9. The zero-order chi connectivity index (χ0) is 17.2. The molecule has 2 aromatic carbocycles. The number of pyridine rings is 1. The highest BCUT2D eigenvalue weighted by molar-refractivity contribution is 6.02. The van der Waals surface area contributed by atoms with Crippen LogP contribution in [-0.2, 0) is 0 Å². The topological polar surface area (TPSA) is 25.2 Å². The standard InChI is InChI=1S/C21H16F2N2/c22-16-4-3-5-17(23)21(16)20-12-11-19(25-20)15-9-7-14(8-10-15)18-6-1-2-13-24-18/h1-10,13,19H,11-12H2. The Balaban J connectivity index is 1.60. The van der Waals surface area contributed by atoms with E-state index in [2.05, 4.69) is 9.98 Å². The van der Waals surface area contributed by atoms with E-state index in [0.29, 0.717) is 12.1 Å². The van der Waals surface area contributed by atoms with Gasteiger partial charge in [0.15, 0.2) is 0 Å². The molecule has 0 aliphatic carbocycles. The van der Waals surface area contributed by atoms with Crippen LogP contribution in [-0.4, -0.2) is 10.7 Å². The summed E-state index contributed by atoms with van der Waals surface area (Å²) in [5, 5.41) is 0. The second-order valence-corrected chi connectivity index (χ2v) is 6.06. The van der Waals surface area contributed by atoms with Gasteiger partial charge in [-0.05, 0) is 42.7 Å². The summed E-state index contributed by atoms with van der Waals surface area (Å²) in [4.78, 5) is 8.91. The normalized spacial score (nSPS) is 16.7. The van der Waals surface area contributed by atoms with Crippen LogP contribution in [0.5, 0.6) is 0 Å². The molecule has 1 aliphatic rings. The lowest BCUT2D eigenvalue weighted by Crippen LogP contribution is -2.03. The van der Waals surface area contributed by atoms with Gasteiger partial charge in [0, 0.05) is 17.5 Å². The van der Waals surface area contributed by atoms with E-state index in [1.165, 1.54) is 18.2 Å². The minimum absolute atomic E-state index is 0.00936. The number of rotatable bonds is 3. The molecule has 2 nitrogen and oxygen atoms in total. The molecule has 0 spiro atoms. The predicted molar refractivity (Wildman–Crippen MR) is 94.5 cm³/mol. The summed E-state index contributed by atoms with van der Waals surface area (Å²) in [5.41, 5.74) is 3.51. The van der Waals surface area contributed by atoms with Crippen molar-refractivity contribution >= 4 is 5.71 Å². The number of benzene rings is 2. The van der Waals surface area contributed by atoms with Crippen LogP contribution < -0.4 is 0 Å². The summed E-state index contributed by atoms with van der Waals surface area (Å²) in [6, 6.07) is 17.7. The van der Waals surface area contributed by atoms with Gasteiger partial charge in [-0.1, -0.05) is 36.4 Å². The van der Waals surface area contributed by atoms with Gasteiger partial charge >= 0.3 is 0 Å². The second-order valence-electron chi connectivity index (χ2n) is 6.06.